The topological polar surface area (TPSA) is 55.4 Å². The number of Topliss-reactive ketones (excluding diaryl/α,β-unsaturated/α-hetero) is 1. The zero-order valence-corrected chi connectivity index (χ0v) is 13.2. The molecule has 0 spiro atoms. The Bertz CT molecular complexity index is 635. The Morgan fingerprint density at radius 1 is 0.957 bits per heavy atom. The summed E-state index contributed by atoms with van der Waals surface area (Å²) in [6.07, 6.45) is 0.396. The van der Waals surface area contributed by atoms with Gasteiger partial charge in [0.05, 0.1) is 6.61 Å². The second kappa shape index (κ2) is 8.73. The summed E-state index contributed by atoms with van der Waals surface area (Å²) in [6.45, 7) is 2.99. The van der Waals surface area contributed by atoms with E-state index in [-0.39, 0.29) is 24.5 Å². The summed E-state index contributed by atoms with van der Waals surface area (Å²) < 4.78 is 5.34. The van der Waals surface area contributed by atoms with Gasteiger partial charge in [-0.2, -0.15) is 0 Å². The molecule has 0 aromatic heterocycles. The Morgan fingerprint density at radius 3 is 2.30 bits per heavy atom. The summed E-state index contributed by atoms with van der Waals surface area (Å²) in [4.78, 5) is 23.9. The molecule has 0 aliphatic carbocycles. The largest absolute Gasteiger partial charge is 0.494 e. The van der Waals surface area contributed by atoms with Crippen molar-refractivity contribution >= 4 is 11.7 Å². The molecule has 0 fully saturated rings. The summed E-state index contributed by atoms with van der Waals surface area (Å²) in [6, 6.07) is 16.7. The standard InChI is InChI=1S/C19H21NO3/c1-2-23-17-10-8-16(9-11-17)18(21)12-13-19(22)20-14-15-6-4-3-5-7-15/h3-11H,2,12-14H2,1H3,(H,20,22). The predicted molar refractivity (Wildman–Crippen MR) is 89.5 cm³/mol. The second-order valence-electron chi connectivity index (χ2n) is 5.14. The fraction of sp³-hybridized carbons (Fsp3) is 0.263. The van der Waals surface area contributed by atoms with Gasteiger partial charge in [0.15, 0.2) is 5.78 Å². The van der Waals surface area contributed by atoms with Gasteiger partial charge in [-0.15, -0.1) is 0 Å². The van der Waals surface area contributed by atoms with Gasteiger partial charge < -0.3 is 10.1 Å². The Morgan fingerprint density at radius 2 is 1.65 bits per heavy atom. The van der Waals surface area contributed by atoms with Crippen LogP contribution in [0, 0.1) is 0 Å². The average Bonchev–Trinajstić information content (AvgIpc) is 2.59. The fourth-order valence-electron chi connectivity index (χ4n) is 2.16. The van der Waals surface area contributed by atoms with Crippen molar-refractivity contribution in [2.75, 3.05) is 6.61 Å². The highest BCUT2D eigenvalue weighted by Gasteiger charge is 2.09. The molecule has 0 aliphatic heterocycles. The normalized spacial score (nSPS) is 10.1. The number of nitrogens with one attached hydrogen (secondary N) is 1. The quantitative estimate of drug-likeness (QED) is 0.761. The highest BCUT2D eigenvalue weighted by molar-refractivity contribution is 5.98. The molecule has 1 N–H and O–H groups in total. The molecule has 0 saturated carbocycles. The first-order valence-electron chi connectivity index (χ1n) is 7.75. The molecule has 0 bridgehead atoms. The minimum absolute atomic E-state index is 0.0390. The number of carbonyl (C=O) groups excluding carboxylic acids is 2. The first kappa shape index (κ1) is 16.7. The lowest BCUT2D eigenvalue weighted by Gasteiger charge is -2.06. The van der Waals surface area contributed by atoms with Crippen LogP contribution < -0.4 is 10.1 Å². The van der Waals surface area contributed by atoms with Gasteiger partial charge in [-0.1, -0.05) is 30.3 Å². The highest BCUT2D eigenvalue weighted by Crippen LogP contribution is 2.14. The van der Waals surface area contributed by atoms with Crippen molar-refractivity contribution in [3.05, 3.63) is 65.7 Å². The SMILES string of the molecule is CCOc1ccc(C(=O)CCC(=O)NCc2ccccc2)cc1. The molecule has 0 unspecified atom stereocenters. The van der Waals surface area contributed by atoms with Crippen LogP contribution in [0.25, 0.3) is 0 Å². The number of hydrogen-bond donors (Lipinski definition) is 1. The Kier molecular flexibility index (Phi) is 6.36. The number of rotatable bonds is 8. The van der Waals surface area contributed by atoms with E-state index in [0.29, 0.717) is 18.7 Å². The van der Waals surface area contributed by atoms with Crippen LogP contribution in [-0.2, 0) is 11.3 Å². The predicted octanol–water partition coefficient (Wildman–Crippen LogP) is 3.36. The van der Waals surface area contributed by atoms with Gasteiger partial charge in [-0.05, 0) is 36.8 Å². The van der Waals surface area contributed by atoms with Crippen molar-refractivity contribution in [2.24, 2.45) is 0 Å². The summed E-state index contributed by atoms with van der Waals surface area (Å²) in [5, 5.41) is 2.82. The van der Waals surface area contributed by atoms with Crippen LogP contribution >= 0.6 is 0 Å². The van der Waals surface area contributed by atoms with Crippen molar-refractivity contribution < 1.29 is 14.3 Å². The molecular formula is C19H21NO3. The zero-order valence-electron chi connectivity index (χ0n) is 13.2. The van der Waals surface area contributed by atoms with E-state index in [9.17, 15) is 9.59 Å². The lowest BCUT2D eigenvalue weighted by atomic mass is 10.1. The molecule has 2 aromatic rings. The maximum Gasteiger partial charge on any atom is 0.220 e. The number of benzene rings is 2. The van der Waals surface area contributed by atoms with Crippen molar-refractivity contribution in [1.29, 1.82) is 0 Å². The van der Waals surface area contributed by atoms with Crippen LogP contribution in [-0.4, -0.2) is 18.3 Å². The van der Waals surface area contributed by atoms with Crippen molar-refractivity contribution in [2.45, 2.75) is 26.3 Å². The van der Waals surface area contributed by atoms with E-state index in [1.807, 2.05) is 37.3 Å². The third-order valence-corrected chi connectivity index (χ3v) is 3.40. The molecule has 0 radical (unpaired) electrons. The van der Waals surface area contributed by atoms with Crippen LogP contribution in [0.15, 0.2) is 54.6 Å². The maximum atomic E-state index is 12.1. The van der Waals surface area contributed by atoms with Gasteiger partial charge in [0.1, 0.15) is 5.75 Å². The molecule has 0 aliphatic rings. The lowest BCUT2D eigenvalue weighted by molar-refractivity contribution is -0.121. The first-order chi connectivity index (χ1) is 11.2. The van der Waals surface area contributed by atoms with E-state index in [4.69, 9.17) is 4.74 Å². The van der Waals surface area contributed by atoms with Gasteiger partial charge in [-0.25, -0.2) is 0 Å². The lowest BCUT2D eigenvalue weighted by Crippen LogP contribution is -2.23. The van der Waals surface area contributed by atoms with Crippen molar-refractivity contribution in [3.63, 3.8) is 0 Å². The molecule has 1 amide bonds. The first-order valence-corrected chi connectivity index (χ1v) is 7.75. The van der Waals surface area contributed by atoms with E-state index in [2.05, 4.69) is 5.32 Å². The number of hydrogen-bond acceptors (Lipinski definition) is 3. The summed E-state index contributed by atoms with van der Waals surface area (Å²) in [5.74, 6) is 0.584. The summed E-state index contributed by atoms with van der Waals surface area (Å²) in [5.41, 5.74) is 1.64. The van der Waals surface area contributed by atoms with Crippen LogP contribution in [0.3, 0.4) is 0 Å². The molecule has 23 heavy (non-hydrogen) atoms. The molecule has 0 atom stereocenters. The fourth-order valence-corrected chi connectivity index (χ4v) is 2.16. The van der Waals surface area contributed by atoms with Crippen LogP contribution in [0.4, 0.5) is 0 Å². The van der Waals surface area contributed by atoms with Gasteiger partial charge in [0.25, 0.3) is 0 Å². The monoisotopic (exact) mass is 311 g/mol. The van der Waals surface area contributed by atoms with E-state index in [1.54, 1.807) is 24.3 Å². The summed E-state index contributed by atoms with van der Waals surface area (Å²) in [7, 11) is 0. The Balaban J connectivity index is 1.76. The maximum absolute atomic E-state index is 12.1. The van der Waals surface area contributed by atoms with Crippen molar-refractivity contribution in [3.8, 4) is 5.75 Å². The molecule has 2 aromatic carbocycles. The van der Waals surface area contributed by atoms with E-state index in [0.717, 1.165) is 11.3 Å². The molecule has 120 valence electrons. The number of amides is 1. The smallest absolute Gasteiger partial charge is 0.220 e. The van der Waals surface area contributed by atoms with E-state index >= 15 is 0 Å². The van der Waals surface area contributed by atoms with Crippen molar-refractivity contribution in [1.82, 2.24) is 5.32 Å². The molecule has 0 saturated heterocycles. The third-order valence-electron chi connectivity index (χ3n) is 3.40. The van der Waals surface area contributed by atoms with E-state index in [1.165, 1.54) is 0 Å². The minimum atomic E-state index is -0.117. The molecule has 0 heterocycles. The van der Waals surface area contributed by atoms with Gasteiger partial charge in [0.2, 0.25) is 5.91 Å². The molecule has 4 nitrogen and oxygen atoms in total. The second-order valence-corrected chi connectivity index (χ2v) is 5.14. The van der Waals surface area contributed by atoms with Gasteiger partial charge >= 0.3 is 0 Å². The van der Waals surface area contributed by atoms with Crippen LogP contribution in [0.5, 0.6) is 5.75 Å². The highest BCUT2D eigenvalue weighted by atomic mass is 16.5. The molecular weight excluding hydrogens is 290 g/mol. The van der Waals surface area contributed by atoms with Gasteiger partial charge in [-0.3, -0.25) is 9.59 Å². The minimum Gasteiger partial charge on any atom is -0.494 e. The third kappa shape index (κ3) is 5.58. The molecule has 2 rings (SSSR count). The Labute approximate surface area is 136 Å². The number of ether oxygens (including phenoxy) is 1. The van der Waals surface area contributed by atoms with E-state index < -0.39 is 0 Å². The molecule has 4 heteroatoms. The Hall–Kier alpha value is -2.62. The zero-order chi connectivity index (χ0) is 16.5. The number of ketones is 1. The van der Waals surface area contributed by atoms with Gasteiger partial charge in [0, 0.05) is 24.9 Å². The average molecular weight is 311 g/mol. The van der Waals surface area contributed by atoms with Crippen LogP contribution in [0.2, 0.25) is 0 Å². The van der Waals surface area contributed by atoms with Crippen LogP contribution in [0.1, 0.15) is 35.7 Å². The summed E-state index contributed by atoms with van der Waals surface area (Å²) >= 11 is 0. The number of carbonyl (C=O) groups is 2.